The zero-order valence-electron chi connectivity index (χ0n) is 16.0. The third-order valence-electron chi connectivity index (χ3n) is 4.45. The van der Waals surface area contributed by atoms with Gasteiger partial charge in [0, 0.05) is 43.3 Å². The van der Waals surface area contributed by atoms with Gasteiger partial charge in [0.1, 0.15) is 12.1 Å². The second-order valence-electron chi connectivity index (χ2n) is 7.73. The van der Waals surface area contributed by atoms with E-state index in [9.17, 15) is 4.79 Å². The molecule has 0 aliphatic carbocycles. The number of hydrogen-bond acceptors (Lipinski definition) is 4. The number of carbonyl (C=O) groups excluding carboxylic acids is 1. The molecule has 6 heteroatoms. The van der Waals surface area contributed by atoms with Crippen molar-refractivity contribution in [2.45, 2.75) is 33.2 Å². The van der Waals surface area contributed by atoms with Crippen molar-refractivity contribution in [3.05, 3.63) is 42.2 Å². The van der Waals surface area contributed by atoms with Crippen LogP contribution in [-0.4, -0.2) is 52.6 Å². The third kappa shape index (κ3) is 4.31. The first-order chi connectivity index (χ1) is 12.3. The molecule has 1 aromatic heterocycles. The molecule has 1 aromatic carbocycles. The van der Waals surface area contributed by atoms with Crippen LogP contribution in [0.3, 0.4) is 0 Å². The van der Waals surface area contributed by atoms with Crippen molar-refractivity contribution in [1.29, 1.82) is 0 Å². The Morgan fingerprint density at radius 2 is 1.77 bits per heavy atom. The number of nitrogens with zero attached hydrogens (tertiary/aromatic N) is 4. The maximum absolute atomic E-state index is 12.3. The highest BCUT2D eigenvalue weighted by molar-refractivity contribution is 5.75. The van der Waals surface area contributed by atoms with Gasteiger partial charge in [-0.05, 0) is 33.3 Å². The molecular formula is C20H27N5O. The minimum atomic E-state index is -0.219. The zero-order valence-corrected chi connectivity index (χ0v) is 16.0. The molecule has 138 valence electrons. The molecule has 0 spiro atoms. The van der Waals surface area contributed by atoms with E-state index < -0.39 is 0 Å². The highest BCUT2D eigenvalue weighted by Crippen LogP contribution is 2.24. The molecular weight excluding hydrogens is 326 g/mol. The van der Waals surface area contributed by atoms with Crippen LogP contribution in [0, 0.1) is 6.92 Å². The molecule has 1 fully saturated rings. The molecule has 0 unspecified atom stereocenters. The Balaban J connectivity index is 1.68. The largest absolute Gasteiger partial charge is 0.353 e. The summed E-state index contributed by atoms with van der Waals surface area (Å²) in [5, 5.41) is 3.02. The number of carbonyl (C=O) groups is 1. The van der Waals surface area contributed by atoms with Gasteiger partial charge in [-0.15, -0.1) is 0 Å². The van der Waals surface area contributed by atoms with Gasteiger partial charge in [-0.2, -0.15) is 0 Å². The summed E-state index contributed by atoms with van der Waals surface area (Å²) >= 11 is 0. The van der Waals surface area contributed by atoms with Crippen LogP contribution in [0.1, 0.15) is 26.3 Å². The maximum Gasteiger partial charge on any atom is 0.317 e. The van der Waals surface area contributed by atoms with Crippen molar-refractivity contribution < 1.29 is 4.79 Å². The summed E-state index contributed by atoms with van der Waals surface area (Å²) in [5.74, 6) is 0.911. The molecule has 26 heavy (non-hydrogen) atoms. The number of benzene rings is 1. The molecule has 1 N–H and O–H groups in total. The second kappa shape index (κ2) is 7.32. The third-order valence-corrected chi connectivity index (χ3v) is 4.45. The number of rotatable bonds is 2. The molecule has 0 saturated carbocycles. The fraction of sp³-hybridized carbons (Fsp3) is 0.450. The molecule has 3 rings (SSSR count). The lowest BCUT2D eigenvalue weighted by Crippen LogP contribution is -2.55. The van der Waals surface area contributed by atoms with Crippen LogP contribution in [0.15, 0.2) is 36.7 Å². The average molecular weight is 353 g/mol. The first-order valence-electron chi connectivity index (χ1n) is 9.03. The molecule has 0 bridgehead atoms. The first-order valence-corrected chi connectivity index (χ1v) is 9.03. The Labute approximate surface area is 155 Å². The molecule has 2 aromatic rings. The predicted octanol–water partition coefficient (Wildman–Crippen LogP) is 3.08. The number of anilines is 1. The molecule has 1 aliphatic heterocycles. The van der Waals surface area contributed by atoms with Gasteiger partial charge in [-0.25, -0.2) is 14.8 Å². The van der Waals surface area contributed by atoms with Gasteiger partial charge in [0.2, 0.25) is 0 Å². The highest BCUT2D eigenvalue weighted by atomic mass is 16.2. The number of urea groups is 1. The van der Waals surface area contributed by atoms with Gasteiger partial charge in [0.05, 0.1) is 5.69 Å². The van der Waals surface area contributed by atoms with Crippen LogP contribution in [0.4, 0.5) is 10.6 Å². The van der Waals surface area contributed by atoms with Crippen LogP contribution in [0.25, 0.3) is 11.3 Å². The summed E-state index contributed by atoms with van der Waals surface area (Å²) in [5.41, 5.74) is 3.03. The van der Waals surface area contributed by atoms with Gasteiger partial charge >= 0.3 is 6.03 Å². The summed E-state index contributed by atoms with van der Waals surface area (Å²) in [4.78, 5) is 25.3. The van der Waals surface area contributed by atoms with E-state index in [1.807, 2.05) is 43.9 Å². The van der Waals surface area contributed by atoms with Crippen molar-refractivity contribution in [3.63, 3.8) is 0 Å². The van der Waals surface area contributed by atoms with E-state index in [1.54, 1.807) is 6.33 Å². The van der Waals surface area contributed by atoms with Crippen LogP contribution < -0.4 is 10.2 Å². The number of aryl methyl sites for hydroxylation is 1. The number of amides is 2. The number of piperazine rings is 1. The van der Waals surface area contributed by atoms with Gasteiger partial charge < -0.3 is 15.1 Å². The van der Waals surface area contributed by atoms with E-state index in [0.717, 1.165) is 30.2 Å². The molecule has 1 saturated heterocycles. The number of aromatic nitrogens is 2. The maximum atomic E-state index is 12.3. The van der Waals surface area contributed by atoms with Crippen molar-refractivity contribution in [2.24, 2.45) is 0 Å². The van der Waals surface area contributed by atoms with E-state index >= 15 is 0 Å². The topological polar surface area (TPSA) is 61.4 Å². The van der Waals surface area contributed by atoms with E-state index in [0.29, 0.717) is 13.1 Å². The minimum absolute atomic E-state index is 0.000405. The fourth-order valence-corrected chi connectivity index (χ4v) is 3.07. The SMILES string of the molecule is Cc1ccccc1-c1cc(N2CCN(C(=O)NC(C)(C)C)CC2)ncn1. The van der Waals surface area contributed by atoms with Gasteiger partial charge in [0.15, 0.2) is 0 Å². The Kier molecular flexibility index (Phi) is 5.11. The summed E-state index contributed by atoms with van der Waals surface area (Å²) in [7, 11) is 0. The lowest BCUT2D eigenvalue weighted by atomic mass is 10.1. The van der Waals surface area contributed by atoms with Gasteiger partial charge in [-0.3, -0.25) is 0 Å². The summed E-state index contributed by atoms with van der Waals surface area (Å²) in [6.07, 6.45) is 1.62. The molecule has 0 atom stereocenters. The second-order valence-corrected chi connectivity index (χ2v) is 7.73. The minimum Gasteiger partial charge on any atom is -0.353 e. The quantitative estimate of drug-likeness (QED) is 0.901. The van der Waals surface area contributed by atoms with Gasteiger partial charge in [-0.1, -0.05) is 24.3 Å². The predicted molar refractivity (Wildman–Crippen MR) is 104 cm³/mol. The molecule has 1 aliphatic rings. The Morgan fingerprint density at radius 1 is 1.08 bits per heavy atom. The lowest BCUT2D eigenvalue weighted by Gasteiger charge is -2.36. The van der Waals surface area contributed by atoms with E-state index in [2.05, 4.69) is 39.2 Å². The van der Waals surface area contributed by atoms with Gasteiger partial charge in [0.25, 0.3) is 0 Å². The smallest absolute Gasteiger partial charge is 0.317 e. The average Bonchev–Trinajstić information content (AvgIpc) is 2.61. The first kappa shape index (κ1) is 18.2. The van der Waals surface area contributed by atoms with Crippen molar-refractivity contribution in [1.82, 2.24) is 20.2 Å². The Bertz CT molecular complexity index is 776. The standard InChI is InChI=1S/C20H27N5O/c1-15-7-5-6-8-16(15)17-13-18(22-14-21-17)24-9-11-25(12-10-24)19(26)23-20(2,3)4/h5-8,13-14H,9-12H2,1-4H3,(H,23,26). The van der Waals surface area contributed by atoms with Crippen LogP contribution >= 0.6 is 0 Å². The summed E-state index contributed by atoms with van der Waals surface area (Å²) in [6, 6.07) is 10.3. The van der Waals surface area contributed by atoms with Crippen molar-refractivity contribution in [2.75, 3.05) is 31.1 Å². The zero-order chi connectivity index (χ0) is 18.7. The van der Waals surface area contributed by atoms with Crippen LogP contribution in [-0.2, 0) is 0 Å². The summed E-state index contributed by atoms with van der Waals surface area (Å²) in [6.45, 7) is 11.0. The van der Waals surface area contributed by atoms with E-state index in [4.69, 9.17) is 0 Å². The fourth-order valence-electron chi connectivity index (χ4n) is 3.07. The van der Waals surface area contributed by atoms with E-state index in [1.165, 1.54) is 5.56 Å². The normalized spacial score (nSPS) is 15.1. The lowest BCUT2D eigenvalue weighted by molar-refractivity contribution is 0.185. The van der Waals surface area contributed by atoms with Crippen LogP contribution in [0.2, 0.25) is 0 Å². The Hall–Kier alpha value is -2.63. The molecule has 6 nitrogen and oxygen atoms in total. The number of hydrogen-bond donors (Lipinski definition) is 1. The van der Waals surface area contributed by atoms with E-state index in [-0.39, 0.29) is 11.6 Å². The Morgan fingerprint density at radius 3 is 2.42 bits per heavy atom. The highest BCUT2D eigenvalue weighted by Gasteiger charge is 2.24. The monoisotopic (exact) mass is 353 g/mol. The summed E-state index contributed by atoms with van der Waals surface area (Å²) < 4.78 is 0. The molecule has 2 heterocycles. The molecule has 2 amide bonds. The van der Waals surface area contributed by atoms with Crippen LogP contribution in [0.5, 0.6) is 0 Å². The van der Waals surface area contributed by atoms with Crippen molar-refractivity contribution >= 4 is 11.8 Å². The molecule has 0 radical (unpaired) electrons. The number of nitrogens with one attached hydrogen (secondary N) is 1. The van der Waals surface area contributed by atoms with Crippen molar-refractivity contribution in [3.8, 4) is 11.3 Å².